The van der Waals surface area contributed by atoms with Crippen LogP contribution >= 0.6 is 12.2 Å². The van der Waals surface area contributed by atoms with Gasteiger partial charge in [0.25, 0.3) is 0 Å². The lowest BCUT2D eigenvalue weighted by Crippen LogP contribution is -2.31. The number of hydrogen-bond donors (Lipinski definition) is 1. The predicted molar refractivity (Wildman–Crippen MR) is 129 cm³/mol. The molecular formula is C25H28N4O2S. The van der Waals surface area contributed by atoms with Gasteiger partial charge in [-0.25, -0.2) is 0 Å². The van der Waals surface area contributed by atoms with E-state index in [4.69, 9.17) is 21.7 Å². The summed E-state index contributed by atoms with van der Waals surface area (Å²) in [5.41, 5.74) is 3.19. The smallest absolute Gasteiger partial charge is 0.174 e. The number of ether oxygens (including phenoxy) is 2. The maximum Gasteiger partial charge on any atom is 0.174 e. The van der Waals surface area contributed by atoms with E-state index in [2.05, 4.69) is 56.3 Å². The minimum atomic E-state index is -0.0617. The van der Waals surface area contributed by atoms with Gasteiger partial charge < -0.3 is 24.3 Å². The summed E-state index contributed by atoms with van der Waals surface area (Å²) in [4.78, 5) is 6.85. The second kappa shape index (κ2) is 9.30. The van der Waals surface area contributed by atoms with Crippen molar-refractivity contribution in [2.75, 3.05) is 18.1 Å². The SMILES string of the molecule is CCOc1ccc(N2C(=S)N[C@@H](c3ccccn3)[C@@H]2c2cccn2C[C@@H]2CCCO2)cc1. The van der Waals surface area contributed by atoms with Crippen LogP contribution in [0.15, 0.2) is 67.0 Å². The van der Waals surface area contributed by atoms with Crippen molar-refractivity contribution in [3.63, 3.8) is 0 Å². The van der Waals surface area contributed by atoms with Crippen molar-refractivity contribution < 1.29 is 9.47 Å². The zero-order valence-electron chi connectivity index (χ0n) is 18.2. The number of rotatable bonds is 7. The van der Waals surface area contributed by atoms with Crippen LogP contribution in [0.4, 0.5) is 5.69 Å². The van der Waals surface area contributed by atoms with Crippen LogP contribution in [-0.2, 0) is 11.3 Å². The van der Waals surface area contributed by atoms with Gasteiger partial charge in [-0.2, -0.15) is 0 Å². The number of nitrogens with one attached hydrogen (secondary N) is 1. The second-order valence-corrected chi connectivity index (χ2v) is 8.53. The predicted octanol–water partition coefficient (Wildman–Crippen LogP) is 4.64. The molecule has 32 heavy (non-hydrogen) atoms. The second-order valence-electron chi connectivity index (χ2n) is 8.14. The molecule has 3 atom stereocenters. The molecule has 0 saturated carbocycles. The largest absolute Gasteiger partial charge is 0.494 e. The molecule has 4 heterocycles. The highest BCUT2D eigenvalue weighted by atomic mass is 32.1. The Morgan fingerprint density at radius 1 is 1.16 bits per heavy atom. The average Bonchev–Trinajstić information content (AvgIpc) is 3.56. The lowest BCUT2D eigenvalue weighted by Gasteiger charge is -2.29. The monoisotopic (exact) mass is 448 g/mol. The Morgan fingerprint density at radius 2 is 2.03 bits per heavy atom. The zero-order valence-corrected chi connectivity index (χ0v) is 19.0. The van der Waals surface area contributed by atoms with E-state index in [-0.39, 0.29) is 18.2 Å². The van der Waals surface area contributed by atoms with E-state index in [0.29, 0.717) is 11.7 Å². The molecule has 2 aliphatic heterocycles. The minimum Gasteiger partial charge on any atom is -0.494 e. The fraction of sp³-hybridized carbons (Fsp3) is 0.360. The van der Waals surface area contributed by atoms with Gasteiger partial charge in [0.15, 0.2) is 5.11 Å². The third-order valence-electron chi connectivity index (χ3n) is 6.12. The van der Waals surface area contributed by atoms with Crippen LogP contribution in [0.5, 0.6) is 5.75 Å². The molecule has 6 nitrogen and oxygen atoms in total. The summed E-state index contributed by atoms with van der Waals surface area (Å²) in [6.07, 6.45) is 6.47. The lowest BCUT2D eigenvalue weighted by atomic mass is 10.0. The highest BCUT2D eigenvalue weighted by Gasteiger charge is 2.42. The van der Waals surface area contributed by atoms with E-state index in [0.717, 1.165) is 43.1 Å². The average molecular weight is 449 g/mol. The van der Waals surface area contributed by atoms with Gasteiger partial charge in [0.2, 0.25) is 0 Å². The molecule has 0 spiro atoms. The quantitative estimate of drug-likeness (QED) is 0.532. The molecule has 0 amide bonds. The van der Waals surface area contributed by atoms with Gasteiger partial charge in [0, 0.05) is 36.9 Å². The standard InChI is InChI=1S/C25H28N4O2S/c1-2-30-19-12-10-18(11-13-19)29-24(23(27-25(29)32)21-8-3-4-14-26-21)22-9-5-15-28(22)17-20-7-6-16-31-20/h3-5,8-15,20,23-24H,2,6-7,16-17H2,1H3,(H,27,32)/t20-,23-,24-/m0/s1. The molecule has 166 valence electrons. The minimum absolute atomic E-state index is 0.0354. The molecule has 0 aliphatic carbocycles. The van der Waals surface area contributed by atoms with Crippen molar-refractivity contribution in [2.45, 2.75) is 44.5 Å². The third kappa shape index (κ3) is 4.10. The van der Waals surface area contributed by atoms with Crippen molar-refractivity contribution in [1.29, 1.82) is 0 Å². The van der Waals surface area contributed by atoms with Crippen LogP contribution in [0, 0.1) is 0 Å². The molecule has 1 aromatic carbocycles. The fourth-order valence-electron chi connectivity index (χ4n) is 4.67. The fourth-order valence-corrected chi connectivity index (χ4v) is 5.02. The summed E-state index contributed by atoms with van der Waals surface area (Å²) >= 11 is 5.84. The summed E-state index contributed by atoms with van der Waals surface area (Å²) < 4.78 is 13.9. The number of hydrogen-bond acceptors (Lipinski definition) is 4. The lowest BCUT2D eigenvalue weighted by molar-refractivity contribution is 0.0961. The molecule has 5 rings (SSSR count). The molecule has 3 aromatic rings. The third-order valence-corrected chi connectivity index (χ3v) is 6.43. The number of nitrogens with zero attached hydrogens (tertiary/aromatic N) is 3. The van der Waals surface area contributed by atoms with Gasteiger partial charge in [0.1, 0.15) is 11.8 Å². The number of benzene rings is 1. The Labute approximate surface area is 194 Å². The van der Waals surface area contributed by atoms with Gasteiger partial charge >= 0.3 is 0 Å². The highest BCUT2D eigenvalue weighted by Crippen LogP contribution is 2.42. The highest BCUT2D eigenvalue weighted by molar-refractivity contribution is 7.80. The van der Waals surface area contributed by atoms with Crippen molar-refractivity contribution in [3.8, 4) is 5.75 Å². The van der Waals surface area contributed by atoms with E-state index in [9.17, 15) is 0 Å². The Balaban J connectivity index is 1.54. The molecule has 2 aliphatic rings. The maximum atomic E-state index is 5.92. The molecule has 0 radical (unpaired) electrons. The van der Waals surface area contributed by atoms with Crippen molar-refractivity contribution >= 4 is 23.0 Å². The van der Waals surface area contributed by atoms with Gasteiger partial charge in [-0.05, 0) is 80.5 Å². The van der Waals surface area contributed by atoms with E-state index in [1.54, 1.807) is 0 Å². The molecule has 1 N–H and O–H groups in total. The van der Waals surface area contributed by atoms with E-state index >= 15 is 0 Å². The number of thiocarbonyl (C=S) groups is 1. The molecule has 2 fully saturated rings. The molecule has 2 saturated heterocycles. The topological polar surface area (TPSA) is 51.5 Å². The molecule has 0 bridgehead atoms. The van der Waals surface area contributed by atoms with E-state index in [1.165, 1.54) is 5.69 Å². The van der Waals surface area contributed by atoms with E-state index in [1.807, 2.05) is 37.4 Å². The van der Waals surface area contributed by atoms with Crippen molar-refractivity contribution in [3.05, 3.63) is 78.4 Å². The van der Waals surface area contributed by atoms with Crippen LogP contribution < -0.4 is 15.0 Å². The first-order valence-electron chi connectivity index (χ1n) is 11.2. The zero-order chi connectivity index (χ0) is 21.9. The number of pyridine rings is 1. The summed E-state index contributed by atoms with van der Waals surface area (Å²) in [5, 5.41) is 4.23. The van der Waals surface area contributed by atoms with Crippen molar-refractivity contribution in [2.24, 2.45) is 0 Å². The normalized spacial score (nSPS) is 22.8. The first-order valence-corrected chi connectivity index (χ1v) is 11.7. The Hall–Kier alpha value is -2.90. The van der Waals surface area contributed by atoms with Gasteiger partial charge in [-0.15, -0.1) is 0 Å². The van der Waals surface area contributed by atoms with E-state index < -0.39 is 0 Å². The summed E-state index contributed by atoms with van der Waals surface area (Å²) in [6, 6.07) is 18.4. The number of anilines is 1. The van der Waals surface area contributed by atoms with Crippen molar-refractivity contribution in [1.82, 2.24) is 14.9 Å². The summed E-state index contributed by atoms with van der Waals surface area (Å²) in [7, 11) is 0. The Kier molecular flexibility index (Phi) is 6.10. The summed E-state index contributed by atoms with van der Waals surface area (Å²) in [6.45, 7) is 4.33. The van der Waals surface area contributed by atoms with Gasteiger partial charge in [-0.3, -0.25) is 4.98 Å². The molecule has 2 aromatic heterocycles. The summed E-state index contributed by atoms with van der Waals surface area (Å²) in [5.74, 6) is 0.855. The molecule has 7 heteroatoms. The molecular weight excluding hydrogens is 420 g/mol. The Morgan fingerprint density at radius 3 is 2.75 bits per heavy atom. The van der Waals surface area contributed by atoms with Crippen LogP contribution in [0.2, 0.25) is 0 Å². The van der Waals surface area contributed by atoms with Crippen LogP contribution in [-0.4, -0.2) is 34.0 Å². The van der Waals surface area contributed by atoms with Crippen LogP contribution in [0.25, 0.3) is 0 Å². The van der Waals surface area contributed by atoms with Gasteiger partial charge in [0.05, 0.1) is 24.4 Å². The maximum absolute atomic E-state index is 5.92. The Bertz CT molecular complexity index is 1050. The first-order chi connectivity index (χ1) is 15.7. The number of aromatic nitrogens is 2. The van der Waals surface area contributed by atoms with Crippen LogP contribution in [0.1, 0.15) is 43.2 Å². The molecule has 0 unspecified atom stereocenters. The first kappa shape index (κ1) is 21.0. The van der Waals surface area contributed by atoms with Gasteiger partial charge in [-0.1, -0.05) is 6.07 Å². The van der Waals surface area contributed by atoms with Crippen LogP contribution in [0.3, 0.4) is 0 Å².